The van der Waals surface area contributed by atoms with Gasteiger partial charge in [-0.2, -0.15) is 0 Å². The highest BCUT2D eigenvalue weighted by molar-refractivity contribution is 6.13. The zero-order valence-electron chi connectivity index (χ0n) is 33.2. The smallest absolute Gasteiger partial charge is 0.0542 e. The summed E-state index contributed by atoms with van der Waals surface area (Å²) in [6.45, 7) is 7.05. The molecular formula is C56H44N2. The normalized spacial score (nSPS) is 15.4. The molecule has 0 radical (unpaired) electrons. The van der Waals surface area contributed by atoms with Crippen LogP contribution in [0.5, 0.6) is 0 Å². The van der Waals surface area contributed by atoms with Gasteiger partial charge in [-0.1, -0.05) is 166 Å². The Balaban J connectivity index is 1.11. The Morgan fingerprint density at radius 1 is 0.517 bits per heavy atom. The summed E-state index contributed by atoms with van der Waals surface area (Å²) < 4.78 is 2.45. The SMILES string of the molecule is CC1C=C(n2c3ccccc3c3cc(N(c4ccc(-c5cccc6c5C(C)(C)c5ccccc5-6)cc4)c4ccc(-c5ccccc5)c5ccccc45)ccc32)C=CC1. The van der Waals surface area contributed by atoms with Crippen molar-refractivity contribution in [1.82, 2.24) is 4.57 Å². The van der Waals surface area contributed by atoms with Crippen LogP contribution < -0.4 is 4.90 Å². The third kappa shape index (κ3) is 5.32. The third-order valence-electron chi connectivity index (χ3n) is 12.7. The van der Waals surface area contributed by atoms with Crippen molar-refractivity contribution in [1.29, 1.82) is 0 Å². The largest absolute Gasteiger partial charge is 0.310 e. The van der Waals surface area contributed by atoms with Crippen LogP contribution in [0.1, 0.15) is 38.3 Å². The van der Waals surface area contributed by atoms with Crippen molar-refractivity contribution in [3.63, 3.8) is 0 Å². The summed E-state index contributed by atoms with van der Waals surface area (Å²) in [7, 11) is 0. The van der Waals surface area contributed by atoms with Crippen LogP contribution in [-0.2, 0) is 5.41 Å². The molecule has 0 bridgehead atoms. The van der Waals surface area contributed by atoms with E-state index in [1.807, 2.05) is 0 Å². The molecule has 278 valence electrons. The van der Waals surface area contributed by atoms with Gasteiger partial charge in [-0.15, -0.1) is 0 Å². The Hall–Kier alpha value is -6.90. The predicted molar refractivity (Wildman–Crippen MR) is 247 cm³/mol. The fourth-order valence-electron chi connectivity index (χ4n) is 10.00. The number of benzene rings is 8. The third-order valence-corrected chi connectivity index (χ3v) is 12.7. The summed E-state index contributed by atoms with van der Waals surface area (Å²) in [5.41, 5.74) is 17.5. The molecule has 1 aromatic heterocycles. The number of para-hydroxylation sites is 1. The molecule has 0 saturated carbocycles. The highest BCUT2D eigenvalue weighted by atomic mass is 15.1. The van der Waals surface area contributed by atoms with Crippen molar-refractivity contribution < 1.29 is 0 Å². The van der Waals surface area contributed by atoms with Gasteiger partial charge < -0.3 is 9.47 Å². The molecule has 2 nitrogen and oxygen atoms in total. The summed E-state index contributed by atoms with van der Waals surface area (Å²) in [6, 6.07) is 65.1. The molecule has 1 heterocycles. The lowest BCUT2D eigenvalue weighted by Crippen LogP contribution is -2.16. The monoisotopic (exact) mass is 744 g/mol. The molecular weight excluding hydrogens is 701 g/mol. The summed E-state index contributed by atoms with van der Waals surface area (Å²) in [4.78, 5) is 2.46. The van der Waals surface area contributed by atoms with E-state index in [2.05, 4.69) is 224 Å². The van der Waals surface area contributed by atoms with E-state index in [0.29, 0.717) is 5.92 Å². The van der Waals surface area contributed by atoms with E-state index < -0.39 is 0 Å². The first-order chi connectivity index (χ1) is 28.5. The van der Waals surface area contributed by atoms with Gasteiger partial charge in [0.2, 0.25) is 0 Å². The number of hydrogen-bond donors (Lipinski definition) is 0. The minimum Gasteiger partial charge on any atom is -0.310 e. The maximum Gasteiger partial charge on any atom is 0.0542 e. The van der Waals surface area contributed by atoms with Crippen molar-refractivity contribution in [3.8, 4) is 33.4 Å². The van der Waals surface area contributed by atoms with Crippen LogP contribution in [0.15, 0.2) is 194 Å². The van der Waals surface area contributed by atoms with E-state index in [9.17, 15) is 0 Å². The molecule has 0 N–H and O–H groups in total. The average molecular weight is 745 g/mol. The molecule has 1 atom stereocenters. The fraction of sp³-hybridized carbons (Fsp3) is 0.107. The standard InChI is InChI=1S/C56H44N2/c1-37-15-13-18-41(35-37)58-52-26-12-10-22-48(52)50-36-42(31-33-54(50)58)57(53-34-32-43(38-16-5-4-6-17-38)45-19-7-8-21-47(45)53)40-29-27-39(28-30-40)44-23-14-24-49-46-20-9-11-25-51(46)56(2,3)55(44)49/h4-14,16-37H,15H2,1-3H3. The Morgan fingerprint density at radius 3 is 2.00 bits per heavy atom. The quantitative estimate of drug-likeness (QED) is 0.165. The molecule has 0 aliphatic heterocycles. The molecule has 9 aromatic rings. The van der Waals surface area contributed by atoms with Crippen LogP contribution in [0.25, 0.3) is 71.7 Å². The van der Waals surface area contributed by atoms with Gasteiger partial charge in [-0.3, -0.25) is 0 Å². The van der Waals surface area contributed by atoms with Crippen molar-refractivity contribution in [3.05, 3.63) is 205 Å². The fourth-order valence-corrected chi connectivity index (χ4v) is 10.00. The number of hydrogen-bond acceptors (Lipinski definition) is 1. The maximum absolute atomic E-state index is 2.46. The number of fused-ring (bicyclic) bond motifs is 7. The predicted octanol–water partition coefficient (Wildman–Crippen LogP) is 15.5. The molecule has 0 amide bonds. The second kappa shape index (κ2) is 13.4. The van der Waals surface area contributed by atoms with Gasteiger partial charge in [-0.25, -0.2) is 0 Å². The molecule has 58 heavy (non-hydrogen) atoms. The van der Waals surface area contributed by atoms with E-state index in [1.165, 1.54) is 82.8 Å². The van der Waals surface area contributed by atoms with Gasteiger partial charge in [-0.05, 0) is 111 Å². The zero-order chi connectivity index (χ0) is 39.0. The van der Waals surface area contributed by atoms with E-state index in [1.54, 1.807) is 0 Å². The minimum absolute atomic E-state index is 0.0945. The minimum atomic E-state index is -0.0945. The van der Waals surface area contributed by atoms with Gasteiger partial charge in [0.1, 0.15) is 0 Å². The van der Waals surface area contributed by atoms with Crippen LogP contribution in [-0.4, -0.2) is 4.57 Å². The average Bonchev–Trinajstić information content (AvgIpc) is 3.72. The molecule has 11 rings (SSSR count). The van der Waals surface area contributed by atoms with Crippen LogP contribution in [0.3, 0.4) is 0 Å². The maximum atomic E-state index is 2.46. The topological polar surface area (TPSA) is 8.17 Å². The van der Waals surface area contributed by atoms with Crippen molar-refractivity contribution in [2.24, 2.45) is 5.92 Å². The van der Waals surface area contributed by atoms with E-state index in [-0.39, 0.29) is 5.41 Å². The van der Waals surface area contributed by atoms with Gasteiger partial charge in [0.25, 0.3) is 0 Å². The number of anilines is 3. The van der Waals surface area contributed by atoms with Crippen LogP contribution in [0.4, 0.5) is 17.1 Å². The van der Waals surface area contributed by atoms with E-state index in [4.69, 9.17) is 0 Å². The molecule has 0 spiro atoms. The molecule has 2 heteroatoms. The highest BCUT2D eigenvalue weighted by Crippen LogP contribution is 2.52. The van der Waals surface area contributed by atoms with Crippen molar-refractivity contribution in [2.45, 2.75) is 32.6 Å². The van der Waals surface area contributed by atoms with Crippen molar-refractivity contribution >= 4 is 55.3 Å². The van der Waals surface area contributed by atoms with Crippen LogP contribution >= 0.6 is 0 Å². The molecule has 8 aromatic carbocycles. The van der Waals surface area contributed by atoms with E-state index in [0.717, 1.165) is 23.5 Å². The lowest BCUT2D eigenvalue weighted by atomic mass is 9.79. The first-order valence-electron chi connectivity index (χ1n) is 20.6. The number of aromatic nitrogens is 1. The second-order valence-corrected chi connectivity index (χ2v) is 16.6. The number of nitrogens with zero attached hydrogens (tertiary/aromatic N) is 2. The molecule has 2 aliphatic carbocycles. The van der Waals surface area contributed by atoms with Crippen LogP contribution in [0.2, 0.25) is 0 Å². The molecule has 2 aliphatic rings. The summed E-state index contributed by atoms with van der Waals surface area (Å²) in [6.07, 6.45) is 8.09. The molecule has 0 fully saturated rings. The number of rotatable bonds is 6. The second-order valence-electron chi connectivity index (χ2n) is 16.6. The molecule has 1 unspecified atom stereocenters. The zero-order valence-corrected chi connectivity index (χ0v) is 33.2. The van der Waals surface area contributed by atoms with Gasteiger partial charge in [0.15, 0.2) is 0 Å². The highest BCUT2D eigenvalue weighted by Gasteiger charge is 2.37. The first kappa shape index (κ1) is 34.4. The Bertz CT molecular complexity index is 3120. The summed E-state index contributed by atoms with van der Waals surface area (Å²) in [5.74, 6) is 0.499. The lowest BCUT2D eigenvalue weighted by Gasteiger charge is -2.28. The van der Waals surface area contributed by atoms with E-state index >= 15 is 0 Å². The van der Waals surface area contributed by atoms with Gasteiger partial charge in [0.05, 0.1) is 16.7 Å². The van der Waals surface area contributed by atoms with Gasteiger partial charge in [0, 0.05) is 38.6 Å². The Kier molecular flexibility index (Phi) is 7.91. The number of allylic oxidation sites excluding steroid dienone is 4. The van der Waals surface area contributed by atoms with Gasteiger partial charge >= 0.3 is 0 Å². The van der Waals surface area contributed by atoms with Crippen molar-refractivity contribution in [2.75, 3.05) is 4.90 Å². The Labute approximate surface area is 340 Å². The van der Waals surface area contributed by atoms with Crippen LogP contribution in [0, 0.1) is 5.92 Å². The lowest BCUT2D eigenvalue weighted by molar-refractivity contribution is 0.662. The first-order valence-corrected chi connectivity index (χ1v) is 20.6. The summed E-state index contributed by atoms with van der Waals surface area (Å²) >= 11 is 0. The summed E-state index contributed by atoms with van der Waals surface area (Å²) in [5, 5.41) is 4.95. The Morgan fingerprint density at radius 2 is 1.17 bits per heavy atom. The molecule has 0 saturated heterocycles.